The van der Waals surface area contributed by atoms with Crippen LogP contribution in [0, 0.1) is 11.3 Å². The third-order valence-corrected chi connectivity index (χ3v) is 6.49. The highest BCUT2D eigenvalue weighted by Gasteiger charge is 2.52. The molecule has 2 N–H and O–H groups in total. The van der Waals surface area contributed by atoms with Gasteiger partial charge in [-0.2, -0.15) is 0 Å². The van der Waals surface area contributed by atoms with E-state index in [0.29, 0.717) is 5.92 Å². The Morgan fingerprint density at radius 1 is 1.30 bits per heavy atom. The van der Waals surface area contributed by atoms with E-state index in [0.717, 1.165) is 63.4 Å². The molecule has 3 aliphatic heterocycles. The predicted molar refractivity (Wildman–Crippen MR) is 109 cm³/mol. The minimum Gasteiger partial charge on any atom is -0.379 e. The van der Waals surface area contributed by atoms with Crippen molar-refractivity contribution in [3.8, 4) is 0 Å². The number of hydrogen-bond donors (Lipinski definition) is 2. The molecule has 2 unspecified atom stereocenters. The summed E-state index contributed by atoms with van der Waals surface area (Å²) in [5.41, 5.74) is 2.51. The van der Waals surface area contributed by atoms with Crippen LogP contribution < -0.4 is 10.6 Å². The van der Waals surface area contributed by atoms with E-state index in [4.69, 9.17) is 14.7 Å². The number of hydrogen-bond acceptors (Lipinski definition) is 5. The molecule has 2 atom stereocenters. The van der Waals surface area contributed by atoms with Crippen LogP contribution in [-0.2, 0) is 4.74 Å². The number of morpholine rings is 1. The summed E-state index contributed by atoms with van der Waals surface area (Å²) < 4.78 is 5.40. The van der Waals surface area contributed by atoms with Crippen molar-refractivity contribution in [3.63, 3.8) is 0 Å². The van der Waals surface area contributed by atoms with E-state index < -0.39 is 0 Å². The Morgan fingerprint density at radius 2 is 2.11 bits per heavy atom. The van der Waals surface area contributed by atoms with Crippen LogP contribution in [0.25, 0.3) is 0 Å². The summed E-state index contributed by atoms with van der Waals surface area (Å²) in [4.78, 5) is 16.7. The molecule has 4 aliphatic rings. The lowest BCUT2D eigenvalue weighted by atomic mass is 9.69. The Hall–Kier alpha value is -1.73. The maximum Gasteiger partial charge on any atom is 0.202 e. The van der Waals surface area contributed by atoms with Gasteiger partial charge in [0, 0.05) is 44.8 Å². The van der Waals surface area contributed by atoms with Crippen LogP contribution in [0.5, 0.6) is 0 Å². The number of rotatable bonds is 4. The van der Waals surface area contributed by atoms with Crippen molar-refractivity contribution in [3.05, 3.63) is 11.3 Å². The fourth-order valence-electron chi connectivity index (χ4n) is 4.93. The van der Waals surface area contributed by atoms with Crippen molar-refractivity contribution in [2.45, 2.75) is 39.5 Å². The summed E-state index contributed by atoms with van der Waals surface area (Å²) in [6, 6.07) is 0. The number of allylic oxidation sites excluding steroid dienone is 2. The van der Waals surface area contributed by atoms with Gasteiger partial charge < -0.3 is 15.4 Å². The third-order valence-electron chi connectivity index (χ3n) is 6.49. The normalized spacial score (nSPS) is 34.2. The number of nitrogens with zero attached hydrogens (tertiary/aromatic N) is 4. The molecule has 2 saturated heterocycles. The molecule has 1 aliphatic carbocycles. The van der Waals surface area contributed by atoms with Crippen LogP contribution >= 0.6 is 0 Å². The van der Waals surface area contributed by atoms with E-state index >= 15 is 0 Å². The summed E-state index contributed by atoms with van der Waals surface area (Å²) in [5, 5.41) is 6.94. The van der Waals surface area contributed by atoms with Gasteiger partial charge in [-0.25, -0.2) is 4.99 Å². The van der Waals surface area contributed by atoms with E-state index in [2.05, 4.69) is 34.4 Å². The van der Waals surface area contributed by atoms with Crippen LogP contribution in [0.1, 0.15) is 39.5 Å². The second kappa shape index (κ2) is 7.72. The largest absolute Gasteiger partial charge is 0.379 e. The molecule has 0 aromatic carbocycles. The molecular weight excluding hydrogens is 340 g/mol. The fraction of sp³-hybridized carbons (Fsp3) is 0.750. The van der Waals surface area contributed by atoms with Gasteiger partial charge in [0.05, 0.1) is 18.6 Å². The average Bonchev–Trinajstić information content (AvgIpc) is 3.19. The SMILES string of the molecule is CN=C1NC(=NCCCN2CCOCC2)NC2=NC(C)=C3CCCC3C12C. The van der Waals surface area contributed by atoms with Gasteiger partial charge in [0.2, 0.25) is 5.96 Å². The number of amidine groups is 2. The first-order valence-corrected chi connectivity index (χ1v) is 10.3. The summed E-state index contributed by atoms with van der Waals surface area (Å²) in [6.45, 7) is 10.0. The number of guanidine groups is 1. The van der Waals surface area contributed by atoms with Crippen molar-refractivity contribution in [1.82, 2.24) is 15.5 Å². The third kappa shape index (κ3) is 3.43. The summed E-state index contributed by atoms with van der Waals surface area (Å²) >= 11 is 0. The number of aliphatic imine (C=N–C) groups is 3. The highest BCUT2D eigenvalue weighted by molar-refractivity contribution is 6.24. The van der Waals surface area contributed by atoms with Crippen LogP contribution in [0.3, 0.4) is 0 Å². The summed E-state index contributed by atoms with van der Waals surface area (Å²) in [5.74, 6) is 3.26. The zero-order valence-corrected chi connectivity index (χ0v) is 16.8. The maximum absolute atomic E-state index is 5.40. The monoisotopic (exact) mass is 372 g/mol. The van der Waals surface area contributed by atoms with Gasteiger partial charge in [0.25, 0.3) is 0 Å². The van der Waals surface area contributed by atoms with Crippen LogP contribution in [0.15, 0.2) is 26.2 Å². The van der Waals surface area contributed by atoms with Gasteiger partial charge in [-0.1, -0.05) is 0 Å². The molecule has 3 heterocycles. The minimum atomic E-state index is -0.188. The molecule has 0 aromatic heterocycles. The fourth-order valence-corrected chi connectivity index (χ4v) is 4.93. The van der Waals surface area contributed by atoms with Gasteiger partial charge in [-0.15, -0.1) is 0 Å². The highest BCUT2D eigenvalue weighted by Crippen LogP contribution is 2.49. The maximum atomic E-state index is 5.40. The number of fused-ring (bicyclic) bond motifs is 3. The van der Waals surface area contributed by atoms with Crippen molar-refractivity contribution < 1.29 is 4.74 Å². The zero-order chi connectivity index (χ0) is 18.9. The van der Waals surface area contributed by atoms with Gasteiger partial charge >= 0.3 is 0 Å². The number of nitrogens with one attached hydrogen (secondary N) is 2. The zero-order valence-electron chi connectivity index (χ0n) is 16.8. The minimum absolute atomic E-state index is 0.188. The molecule has 3 fully saturated rings. The first-order valence-electron chi connectivity index (χ1n) is 10.3. The van der Waals surface area contributed by atoms with E-state index in [1.54, 1.807) is 0 Å². The van der Waals surface area contributed by atoms with Gasteiger partial charge in [-0.3, -0.25) is 14.9 Å². The lowest BCUT2D eigenvalue weighted by molar-refractivity contribution is 0.0377. The first kappa shape index (κ1) is 18.6. The average molecular weight is 373 g/mol. The molecule has 0 bridgehead atoms. The molecule has 0 amide bonds. The highest BCUT2D eigenvalue weighted by atomic mass is 16.5. The van der Waals surface area contributed by atoms with E-state index in [1.807, 2.05) is 7.05 Å². The molecular formula is C20H32N6O. The molecule has 0 aromatic rings. The smallest absolute Gasteiger partial charge is 0.202 e. The molecule has 1 saturated carbocycles. The van der Waals surface area contributed by atoms with Gasteiger partial charge in [-0.05, 0) is 45.1 Å². The molecule has 148 valence electrons. The Bertz CT molecular complexity index is 703. The summed E-state index contributed by atoms with van der Waals surface area (Å²) in [6.07, 6.45) is 4.66. The second-order valence-corrected chi connectivity index (χ2v) is 8.08. The van der Waals surface area contributed by atoms with Crippen LogP contribution in [0.2, 0.25) is 0 Å². The van der Waals surface area contributed by atoms with E-state index in [1.165, 1.54) is 30.5 Å². The van der Waals surface area contributed by atoms with Crippen molar-refractivity contribution in [2.24, 2.45) is 26.3 Å². The Labute approximate surface area is 162 Å². The molecule has 4 rings (SSSR count). The lowest BCUT2D eigenvalue weighted by Gasteiger charge is -2.45. The Morgan fingerprint density at radius 3 is 2.89 bits per heavy atom. The predicted octanol–water partition coefficient (Wildman–Crippen LogP) is 1.78. The van der Waals surface area contributed by atoms with Crippen molar-refractivity contribution >= 4 is 17.6 Å². The second-order valence-electron chi connectivity index (χ2n) is 8.08. The molecule has 7 nitrogen and oxygen atoms in total. The number of ether oxygens (including phenoxy) is 1. The first-order chi connectivity index (χ1) is 13.1. The van der Waals surface area contributed by atoms with Crippen molar-refractivity contribution in [2.75, 3.05) is 46.4 Å². The lowest BCUT2D eigenvalue weighted by Crippen LogP contribution is -2.65. The summed E-state index contributed by atoms with van der Waals surface area (Å²) in [7, 11) is 1.87. The van der Waals surface area contributed by atoms with E-state index in [-0.39, 0.29) is 5.41 Å². The van der Waals surface area contributed by atoms with Crippen LogP contribution in [0.4, 0.5) is 0 Å². The standard InChI is InChI=1S/C20H32N6O/c1-14-15-6-4-7-16(15)20(2)17(21-3)24-19(25-18(20)23-14)22-8-5-9-26-10-12-27-13-11-26/h16H,4-13H2,1-3H3,(H2,21,22,23,24,25). The molecule has 7 heteroatoms. The quantitative estimate of drug-likeness (QED) is 0.738. The molecule has 27 heavy (non-hydrogen) atoms. The topological polar surface area (TPSA) is 73.6 Å². The Kier molecular flexibility index (Phi) is 5.32. The molecule has 0 radical (unpaired) electrons. The van der Waals surface area contributed by atoms with E-state index in [9.17, 15) is 0 Å². The Balaban J connectivity index is 1.45. The van der Waals surface area contributed by atoms with Crippen LogP contribution in [-0.4, -0.2) is 69.0 Å². The van der Waals surface area contributed by atoms with Gasteiger partial charge in [0.1, 0.15) is 11.7 Å². The molecule has 0 spiro atoms. The van der Waals surface area contributed by atoms with Gasteiger partial charge in [0.15, 0.2) is 0 Å². The van der Waals surface area contributed by atoms with Crippen molar-refractivity contribution in [1.29, 1.82) is 0 Å².